The lowest BCUT2D eigenvalue weighted by molar-refractivity contribution is 0.0587. The molecule has 5 heteroatoms. The number of aliphatic hydroxyl groups excluding tert-OH is 1. The highest BCUT2D eigenvalue weighted by Crippen LogP contribution is 2.31. The van der Waals surface area contributed by atoms with E-state index in [1.807, 2.05) is 19.2 Å². The monoisotopic (exact) mass is 429 g/mol. The molecule has 4 nitrogen and oxygen atoms in total. The van der Waals surface area contributed by atoms with Crippen molar-refractivity contribution in [3.05, 3.63) is 29.6 Å². The van der Waals surface area contributed by atoms with E-state index in [0.29, 0.717) is 23.7 Å². The van der Waals surface area contributed by atoms with Crippen molar-refractivity contribution in [2.75, 3.05) is 34.0 Å². The second-order valence-corrected chi connectivity index (χ2v) is 8.62. The second kappa shape index (κ2) is 16.5. The van der Waals surface area contributed by atoms with Gasteiger partial charge in [0.15, 0.2) is 11.6 Å². The third-order valence-corrected chi connectivity index (χ3v) is 5.38. The molecule has 1 saturated carbocycles. The highest BCUT2D eigenvalue weighted by atomic mass is 19.1. The second-order valence-electron chi connectivity index (χ2n) is 8.62. The van der Waals surface area contributed by atoms with Crippen LogP contribution in [0.4, 0.5) is 4.39 Å². The Bertz CT molecular complexity index is 550. The van der Waals surface area contributed by atoms with Crippen LogP contribution in [0.15, 0.2) is 18.2 Å². The minimum absolute atomic E-state index is 0. The quantitative estimate of drug-likeness (QED) is 0.379. The molecule has 0 aromatic heterocycles. The van der Waals surface area contributed by atoms with Crippen molar-refractivity contribution in [3.63, 3.8) is 0 Å². The molecule has 1 unspecified atom stereocenters. The van der Waals surface area contributed by atoms with Gasteiger partial charge in [-0.25, -0.2) is 4.39 Å². The number of hydrogen-bond acceptors (Lipinski definition) is 4. The number of hydrogen-bond donors (Lipinski definition) is 2. The summed E-state index contributed by atoms with van der Waals surface area (Å²) in [5.74, 6) is 0.771. The van der Waals surface area contributed by atoms with Gasteiger partial charge >= 0.3 is 0 Å². The van der Waals surface area contributed by atoms with Crippen LogP contribution in [0.3, 0.4) is 0 Å². The lowest BCUT2D eigenvalue weighted by Gasteiger charge is -2.21. The third-order valence-electron chi connectivity index (χ3n) is 5.38. The summed E-state index contributed by atoms with van der Waals surface area (Å²) in [6.45, 7) is 13.5. The van der Waals surface area contributed by atoms with Crippen LogP contribution in [-0.2, 0) is 4.74 Å². The largest absolute Gasteiger partial charge is 0.490 e. The standard InChI is InChI=1S/C14H20FNO.C10H22O.CH4O.H2/c1-3-13(16-2)11-6-7-12(15)14(8-11)17-9-10-4-5-10;1-5-7-8-11-9-10(3,4)6-2;1-2;/h6-8,10,13,16H,3-5,9H2,1-2H3;5-9H2,1-4H3;2H,1H3;1H. The first-order valence-electron chi connectivity index (χ1n) is 11.5. The van der Waals surface area contributed by atoms with Crippen LogP contribution in [0, 0.1) is 17.2 Å². The van der Waals surface area contributed by atoms with Gasteiger partial charge in [-0.15, -0.1) is 0 Å². The van der Waals surface area contributed by atoms with E-state index < -0.39 is 0 Å². The molecule has 178 valence electrons. The summed E-state index contributed by atoms with van der Waals surface area (Å²) < 4.78 is 24.6. The predicted molar refractivity (Wildman–Crippen MR) is 127 cm³/mol. The van der Waals surface area contributed by atoms with Gasteiger partial charge in [0.05, 0.1) is 13.2 Å². The Balaban J connectivity index is 0. The number of halogens is 1. The van der Waals surface area contributed by atoms with E-state index in [2.05, 4.69) is 39.9 Å². The molecular weight excluding hydrogens is 381 g/mol. The molecule has 1 fully saturated rings. The average Bonchev–Trinajstić information content (AvgIpc) is 3.59. The zero-order chi connectivity index (χ0) is 23.0. The first-order chi connectivity index (χ1) is 14.4. The Morgan fingerprint density at radius 1 is 1.23 bits per heavy atom. The molecule has 2 N–H and O–H groups in total. The van der Waals surface area contributed by atoms with Crippen molar-refractivity contribution in [2.45, 2.75) is 79.2 Å². The highest BCUT2D eigenvalue weighted by molar-refractivity contribution is 5.32. The lowest BCUT2D eigenvalue weighted by atomic mass is 9.92. The minimum atomic E-state index is -0.264. The van der Waals surface area contributed by atoms with Gasteiger partial charge in [-0.05, 0) is 68.2 Å². The van der Waals surface area contributed by atoms with Crippen molar-refractivity contribution in [2.24, 2.45) is 11.3 Å². The van der Waals surface area contributed by atoms with Crippen LogP contribution in [0.5, 0.6) is 5.75 Å². The molecule has 0 radical (unpaired) electrons. The molecule has 1 aliphatic rings. The number of rotatable bonds is 12. The van der Waals surface area contributed by atoms with Crippen molar-refractivity contribution in [1.29, 1.82) is 0 Å². The molecule has 0 spiro atoms. The van der Waals surface area contributed by atoms with E-state index in [-0.39, 0.29) is 13.3 Å². The average molecular weight is 430 g/mol. The first kappa shape index (κ1) is 28.8. The summed E-state index contributed by atoms with van der Waals surface area (Å²) in [7, 11) is 2.92. The molecular formula is C25H48FNO3. The van der Waals surface area contributed by atoms with Crippen LogP contribution >= 0.6 is 0 Å². The smallest absolute Gasteiger partial charge is 0.165 e. The van der Waals surface area contributed by atoms with Crippen LogP contribution in [-0.4, -0.2) is 39.1 Å². The van der Waals surface area contributed by atoms with Gasteiger partial charge in [0.1, 0.15) is 0 Å². The molecule has 0 heterocycles. The number of ether oxygens (including phenoxy) is 2. The number of nitrogens with one attached hydrogen (secondary N) is 1. The Morgan fingerprint density at radius 3 is 2.40 bits per heavy atom. The summed E-state index contributed by atoms with van der Waals surface area (Å²) >= 11 is 0. The summed E-state index contributed by atoms with van der Waals surface area (Å²) in [5, 5.41) is 10.2. The first-order valence-corrected chi connectivity index (χ1v) is 11.5. The summed E-state index contributed by atoms with van der Waals surface area (Å²) in [4.78, 5) is 0. The maximum absolute atomic E-state index is 13.6. The normalized spacial score (nSPS) is 14.2. The van der Waals surface area contributed by atoms with Crippen LogP contribution in [0.25, 0.3) is 0 Å². The third kappa shape index (κ3) is 12.5. The van der Waals surface area contributed by atoms with Crippen molar-refractivity contribution in [1.82, 2.24) is 5.32 Å². The molecule has 1 aliphatic carbocycles. The fourth-order valence-corrected chi connectivity index (χ4v) is 2.64. The summed E-state index contributed by atoms with van der Waals surface area (Å²) in [6, 6.07) is 5.41. The zero-order valence-electron chi connectivity index (χ0n) is 20.4. The highest BCUT2D eigenvalue weighted by Gasteiger charge is 2.22. The van der Waals surface area contributed by atoms with Crippen molar-refractivity contribution in [3.8, 4) is 5.75 Å². The molecule has 1 atom stereocenters. The van der Waals surface area contributed by atoms with Crippen molar-refractivity contribution < 1.29 is 20.4 Å². The van der Waals surface area contributed by atoms with E-state index in [1.54, 1.807) is 0 Å². The molecule has 1 aromatic carbocycles. The number of benzene rings is 1. The molecule has 0 bridgehead atoms. The summed E-state index contributed by atoms with van der Waals surface area (Å²) in [5.41, 5.74) is 1.45. The van der Waals surface area contributed by atoms with E-state index in [1.165, 1.54) is 38.2 Å². The van der Waals surface area contributed by atoms with E-state index in [9.17, 15) is 4.39 Å². The van der Waals surface area contributed by atoms with Gasteiger partial charge < -0.3 is 19.9 Å². The molecule has 1 aromatic rings. The predicted octanol–water partition coefficient (Wildman–Crippen LogP) is 6.38. The maximum atomic E-state index is 13.6. The van der Waals surface area contributed by atoms with Gasteiger partial charge in [0.25, 0.3) is 0 Å². The summed E-state index contributed by atoms with van der Waals surface area (Å²) in [6.07, 6.45) is 7.03. The number of aliphatic hydroxyl groups is 1. The van der Waals surface area contributed by atoms with Crippen LogP contribution in [0.1, 0.15) is 86.2 Å². The van der Waals surface area contributed by atoms with Crippen LogP contribution < -0.4 is 10.1 Å². The Morgan fingerprint density at radius 2 is 1.90 bits per heavy atom. The van der Waals surface area contributed by atoms with Gasteiger partial charge in [0.2, 0.25) is 0 Å². The molecule has 2 rings (SSSR count). The minimum Gasteiger partial charge on any atom is -0.490 e. The molecule has 0 saturated heterocycles. The van der Waals surface area contributed by atoms with Gasteiger partial charge in [0, 0.05) is 21.2 Å². The van der Waals surface area contributed by atoms with Crippen molar-refractivity contribution >= 4 is 0 Å². The van der Waals surface area contributed by atoms with Gasteiger partial charge in [-0.1, -0.05) is 47.1 Å². The Labute approximate surface area is 186 Å². The molecule has 0 amide bonds. The van der Waals surface area contributed by atoms with E-state index in [4.69, 9.17) is 14.6 Å². The fourth-order valence-electron chi connectivity index (χ4n) is 2.64. The Kier molecular flexibility index (Phi) is 15.9. The molecule has 0 aliphatic heterocycles. The Hall–Kier alpha value is -1.17. The SMILES string of the molecule is CCC(NC)c1ccc(F)c(OCC2CC2)c1.CCCCOCC(C)(C)CC.CO.[HH]. The lowest BCUT2D eigenvalue weighted by Crippen LogP contribution is -2.18. The fraction of sp³-hybridized carbons (Fsp3) is 0.760. The van der Waals surface area contributed by atoms with Gasteiger partial charge in [-0.3, -0.25) is 0 Å². The van der Waals surface area contributed by atoms with Crippen LogP contribution in [0.2, 0.25) is 0 Å². The van der Waals surface area contributed by atoms with Gasteiger partial charge in [-0.2, -0.15) is 0 Å². The van der Waals surface area contributed by atoms with E-state index >= 15 is 0 Å². The number of unbranched alkanes of at least 4 members (excludes halogenated alkanes) is 1. The molecule has 30 heavy (non-hydrogen) atoms. The topological polar surface area (TPSA) is 50.7 Å². The van der Waals surface area contributed by atoms with E-state index in [0.717, 1.165) is 32.3 Å². The zero-order valence-corrected chi connectivity index (χ0v) is 20.4. The maximum Gasteiger partial charge on any atom is 0.165 e.